The van der Waals surface area contributed by atoms with Crippen molar-refractivity contribution in [3.63, 3.8) is 0 Å². The van der Waals surface area contributed by atoms with E-state index in [4.69, 9.17) is 23.2 Å². The third kappa shape index (κ3) is 4.45. The average Bonchev–Trinajstić information content (AvgIpc) is 3.22. The first kappa shape index (κ1) is 17.2. The van der Waals surface area contributed by atoms with E-state index in [1.54, 1.807) is 29.7 Å². The van der Waals surface area contributed by atoms with Crippen molar-refractivity contribution < 1.29 is 4.79 Å². The molecule has 3 aromatic rings. The zero-order valence-electron chi connectivity index (χ0n) is 12.3. The Morgan fingerprint density at radius 2 is 2.12 bits per heavy atom. The van der Waals surface area contributed by atoms with Crippen molar-refractivity contribution in [3.8, 4) is 0 Å². The van der Waals surface area contributed by atoms with Crippen LogP contribution in [0.25, 0.3) is 6.08 Å². The van der Waals surface area contributed by atoms with Crippen LogP contribution in [-0.4, -0.2) is 10.9 Å². The highest BCUT2D eigenvalue weighted by atomic mass is 35.5. The second kappa shape index (κ2) is 7.94. The van der Waals surface area contributed by atoms with E-state index in [9.17, 15) is 4.79 Å². The van der Waals surface area contributed by atoms with Crippen molar-refractivity contribution in [1.82, 2.24) is 4.98 Å². The maximum Gasteiger partial charge on any atom is 0.250 e. The van der Waals surface area contributed by atoms with Gasteiger partial charge < -0.3 is 0 Å². The highest BCUT2D eigenvalue weighted by Crippen LogP contribution is 2.29. The van der Waals surface area contributed by atoms with Gasteiger partial charge in [-0.25, -0.2) is 4.98 Å². The summed E-state index contributed by atoms with van der Waals surface area (Å²) in [5.41, 5.74) is 0.934. The van der Waals surface area contributed by atoms with Gasteiger partial charge in [0.25, 0.3) is 0 Å². The van der Waals surface area contributed by atoms with Crippen LogP contribution in [0.4, 0.5) is 5.13 Å². The lowest BCUT2D eigenvalue weighted by Gasteiger charge is -2.03. The van der Waals surface area contributed by atoms with E-state index in [2.05, 4.69) is 10.3 Å². The Morgan fingerprint density at radius 1 is 1.25 bits per heavy atom. The van der Waals surface area contributed by atoms with Crippen LogP contribution in [0, 0.1) is 0 Å². The Bertz CT molecular complexity index is 873. The number of thiophene rings is 1. The summed E-state index contributed by atoms with van der Waals surface area (Å²) >= 11 is 15.2. The van der Waals surface area contributed by atoms with Crippen LogP contribution in [0.1, 0.15) is 15.3 Å². The molecule has 122 valence electrons. The van der Waals surface area contributed by atoms with E-state index < -0.39 is 0 Å². The van der Waals surface area contributed by atoms with Gasteiger partial charge in [-0.3, -0.25) is 10.1 Å². The molecule has 0 unspecified atom stereocenters. The van der Waals surface area contributed by atoms with Crippen molar-refractivity contribution in [2.75, 3.05) is 5.32 Å². The number of benzene rings is 1. The number of carbonyl (C=O) groups excluding carboxylic acids is 1. The molecule has 2 heterocycles. The Hall–Kier alpha value is -1.66. The standard InChI is InChI=1S/C17H12Cl2N2OS2/c18-14-5-1-3-11(16(14)19)9-13-10-20-17(24-13)21-15(22)7-6-12-4-2-8-23-12/h1-8,10H,9H2,(H,20,21,22)/b7-6+. The third-order valence-electron chi connectivity index (χ3n) is 3.12. The highest BCUT2D eigenvalue weighted by molar-refractivity contribution is 7.15. The molecule has 7 heteroatoms. The molecule has 0 aliphatic carbocycles. The van der Waals surface area contributed by atoms with E-state index in [1.165, 1.54) is 17.4 Å². The van der Waals surface area contributed by atoms with E-state index in [0.717, 1.165) is 15.3 Å². The molecule has 24 heavy (non-hydrogen) atoms. The molecule has 3 nitrogen and oxygen atoms in total. The van der Waals surface area contributed by atoms with Gasteiger partial charge >= 0.3 is 0 Å². The van der Waals surface area contributed by atoms with E-state index in [0.29, 0.717) is 21.6 Å². The topological polar surface area (TPSA) is 42.0 Å². The minimum Gasteiger partial charge on any atom is -0.298 e. The Balaban J connectivity index is 1.63. The summed E-state index contributed by atoms with van der Waals surface area (Å²) in [7, 11) is 0. The van der Waals surface area contributed by atoms with E-state index in [1.807, 2.05) is 29.6 Å². The predicted octanol–water partition coefficient (Wildman–Crippen LogP) is 5.75. The van der Waals surface area contributed by atoms with Gasteiger partial charge in [0.05, 0.1) is 10.0 Å². The minimum atomic E-state index is -0.204. The number of nitrogens with zero attached hydrogens (tertiary/aromatic N) is 1. The molecular formula is C17H12Cl2N2OS2. The lowest BCUT2D eigenvalue weighted by atomic mass is 10.1. The number of rotatable bonds is 5. The first-order valence-corrected chi connectivity index (χ1v) is 9.47. The average molecular weight is 395 g/mol. The molecule has 2 aromatic heterocycles. The van der Waals surface area contributed by atoms with Crippen molar-refractivity contribution in [2.24, 2.45) is 0 Å². The highest BCUT2D eigenvalue weighted by Gasteiger charge is 2.09. The molecule has 3 rings (SSSR count). The van der Waals surface area contributed by atoms with Crippen LogP contribution in [0.2, 0.25) is 10.0 Å². The predicted molar refractivity (Wildman–Crippen MR) is 103 cm³/mol. The van der Waals surface area contributed by atoms with Crippen LogP contribution in [0.3, 0.4) is 0 Å². The second-order valence-corrected chi connectivity index (χ2v) is 7.74. The number of aromatic nitrogens is 1. The van der Waals surface area contributed by atoms with Gasteiger partial charge in [0.15, 0.2) is 5.13 Å². The largest absolute Gasteiger partial charge is 0.298 e. The number of carbonyl (C=O) groups is 1. The Kier molecular flexibility index (Phi) is 5.68. The molecule has 0 spiro atoms. The lowest BCUT2D eigenvalue weighted by molar-refractivity contribution is -0.111. The molecule has 0 fully saturated rings. The van der Waals surface area contributed by atoms with Crippen molar-refractivity contribution in [2.45, 2.75) is 6.42 Å². The van der Waals surface area contributed by atoms with Gasteiger partial charge in [0, 0.05) is 28.4 Å². The fourth-order valence-electron chi connectivity index (χ4n) is 2.01. The van der Waals surface area contributed by atoms with Gasteiger partial charge in [-0.15, -0.1) is 22.7 Å². The molecule has 1 N–H and O–H groups in total. The first-order chi connectivity index (χ1) is 11.6. The van der Waals surface area contributed by atoms with Crippen molar-refractivity contribution in [1.29, 1.82) is 0 Å². The van der Waals surface area contributed by atoms with Crippen molar-refractivity contribution in [3.05, 3.63) is 73.3 Å². The summed E-state index contributed by atoms with van der Waals surface area (Å²) in [6, 6.07) is 9.44. The summed E-state index contributed by atoms with van der Waals surface area (Å²) < 4.78 is 0. The summed E-state index contributed by atoms with van der Waals surface area (Å²) in [6.07, 6.45) is 5.64. The van der Waals surface area contributed by atoms with Crippen LogP contribution < -0.4 is 5.32 Å². The zero-order valence-corrected chi connectivity index (χ0v) is 15.5. The number of nitrogens with one attached hydrogen (secondary N) is 1. The van der Waals surface area contributed by atoms with Gasteiger partial charge in [0.2, 0.25) is 5.91 Å². The van der Waals surface area contributed by atoms with E-state index >= 15 is 0 Å². The number of amides is 1. The van der Waals surface area contributed by atoms with Crippen LogP contribution in [0.5, 0.6) is 0 Å². The summed E-state index contributed by atoms with van der Waals surface area (Å²) in [5.74, 6) is -0.204. The monoisotopic (exact) mass is 394 g/mol. The fraction of sp³-hybridized carbons (Fsp3) is 0.0588. The molecule has 1 amide bonds. The molecule has 0 radical (unpaired) electrons. The van der Waals surface area contributed by atoms with Crippen LogP contribution in [0.15, 0.2) is 48.0 Å². The molecule has 1 aromatic carbocycles. The number of halogens is 2. The number of thiazole rings is 1. The number of anilines is 1. The second-order valence-electron chi connectivity index (χ2n) is 4.86. The SMILES string of the molecule is O=C(/C=C/c1cccs1)Nc1ncc(Cc2cccc(Cl)c2Cl)s1. The Morgan fingerprint density at radius 3 is 2.92 bits per heavy atom. The summed E-state index contributed by atoms with van der Waals surface area (Å²) in [4.78, 5) is 18.2. The third-order valence-corrected chi connectivity index (χ3v) is 5.73. The summed E-state index contributed by atoms with van der Waals surface area (Å²) in [6.45, 7) is 0. The lowest BCUT2D eigenvalue weighted by Crippen LogP contribution is -2.06. The quantitative estimate of drug-likeness (QED) is 0.559. The molecule has 0 bridgehead atoms. The summed E-state index contributed by atoms with van der Waals surface area (Å²) in [5, 5.41) is 6.37. The maximum atomic E-state index is 11.9. The Labute approximate surface area is 157 Å². The molecule has 0 aliphatic rings. The number of hydrogen-bond donors (Lipinski definition) is 1. The molecule has 0 saturated heterocycles. The van der Waals surface area contributed by atoms with Crippen LogP contribution in [-0.2, 0) is 11.2 Å². The smallest absolute Gasteiger partial charge is 0.250 e. The molecule has 0 atom stereocenters. The maximum absolute atomic E-state index is 11.9. The first-order valence-electron chi connectivity index (χ1n) is 7.02. The zero-order chi connectivity index (χ0) is 16.9. The minimum absolute atomic E-state index is 0.204. The molecule has 0 saturated carbocycles. The van der Waals surface area contributed by atoms with E-state index in [-0.39, 0.29) is 5.91 Å². The molecule has 0 aliphatic heterocycles. The molecular weight excluding hydrogens is 383 g/mol. The van der Waals surface area contributed by atoms with Gasteiger partial charge in [-0.1, -0.05) is 41.4 Å². The van der Waals surface area contributed by atoms with Gasteiger partial charge in [-0.2, -0.15) is 0 Å². The van der Waals surface area contributed by atoms with Gasteiger partial charge in [0.1, 0.15) is 0 Å². The van der Waals surface area contributed by atoms with Crippen molar-refractivity contribution >= 4 is 63.0 Å². The number of hydrogen-bond acceptors (Lipinski definition) is 4. The fourth-order valence-corrected chi connectivity index (χ4v) is 3.85. The normalized spacial score (nSPS) is 11.1. The van der Waals surface area contributed by atoms with Crippen LogP contribution >= 0.6 is 45.9 Å². The van der Waals surface area contributed by atoms with Gasteiger partial charge in [-0.05, 0) is 29.2 Å².